The zero-order chi connectivity index (χ0) is 38.5. The fourth-order valence-electron chi connectivity index (χ4n) is 12.5. The van der Waals surface area contributed by atoms with Crippen LogP contribution in [0.1, 0.15) is 116 Å². The Kier molecular flexibility index (Phi) is 14.3. The third-order valence-corrected chi connectivity index (χ3v) is 15.7. The highest BCUT2D eigenvalue weighted by Gasteiger charge is 2.47. The van der Waals surface area contributed by atoms with Gasteiger partial charge in [-0.15, -0.1) is 4.99 Å². The van der Waals surface area contributed by atoms with Gasteiger partial charge in [-0.3, -0.25) is 15.3 Å². The lowest BCUT2D eigenvalue weighted by Gasteiger charge is -2.47. The molecule has 9 N–H and O–H groups in total. The molecule has 4 aliphatic carbocycles. The number of quaternary nitrogens is 2. The summed E-state index contributed by atoms with van der Waals surface area (Å²) in [6.45, 7) is 3.97. The molecule has 7 aliphatic rings. The summed E-state index contributed by atoms with van der Waals surface area (Å²) in [5.74, 6) is 10.5. The molecule has 0 radical (unpaired) electrons. The van der Waals surface area contributed by atoms with E-state index in [-0.39, 0.29) is 35.8 Å². The molecule has 0 aromatic heterocycles. The van der Waals surface area contributed by atoms with Gasteiger partial charge in [-0.2, -0.15) is 0 Å². The Labute approximate surface area is 329 Å². The second-order valence-electron chi connectivity index (χ2n) is 19.0. The van der Waals surface area contributed by atoms with Crippen LogP contribution in [-0.2, 0) is 14.3 Å². The predicted octanol–water partition coefficient (Wildman–Crippen LogP) is 2.44. The maximum absolute atomic E-state index is 13.8. The van der Waals surface area contributed by atoms with Crippen LogP contribution in [0.2, 0.25) is 0 Å². The summed E-state index contributed by atoms with van der Waals surface area (Å²) < 4.78 is 5.69. The molecule has 0 amide bonds. The molecule has 3 heterocycles. The van der Waals surface area contributed by atoms with Gasteiger partial charge >= 0.3 is 0 Å². The highest BCUT2D eigenvalue weighted by molar-refractivity contribution is 5.84. The number of aliphatic hydroxyl groups is 3. The van der Waals surface area contributed by atoms with E-state index in [1.54, 1.807) is 7.11 Å². The minimum Gasteiger partial charge on any atom is -0.393 e. The molecule has 2 saturated heterocycles. The van der Waals surface area contributed by atoms with Crippen molar-refractivity contribution >= 4 is 17.8 Å². The van der Waals surface area contributed by atoms with E-state index in [4.69, 9.17) is 10.5 Å². The molecule has 16 unspecified atom stereocenters. The molecule has 0 spiro atoms. The Balaban J connectivity index is 0.962. The number of ketones is 2. The molecule has 7 rings (SSSR count). The van der Waals surface area contributed by atoms with Gasteiger partial charge in [-0.05, 0) is 107 Å². The second-order valence-corrected chi connectivity index (χ2v) is 19.0. The normalized spacial score (nSPS) is 41.5. The van der Waals surface area contributed by atoms with E-state index in [0.717, 1.165) is 70.4 Å². The lowest BCUT2D eigenvalue weighted by molar-refractivity contribution is -0.715. The van der Waals surface area contributed by atoms with Gasteiger partial charge in [0, 0.05) is 56.5 Å². The third-order valence-electron chi connectivity index (χ3n) is 15.7. The van der Waals surface area contributed by atoms with Crippen molar-refractivity contribution in [3.05, 3.63) is 18.2 Å². The number of Topliss-reactive ketones (excluding diaryl/α,β-unsaturated/α-hetero) is 2. The minimum atomic E-state index is -0.788. The van der Waals surface area contributed by atoms with Crippen molar-refractivity contribution < 1.29 is 40.3 Å². The SMILES string of the molecule is COC1CC2CCC(=O)C(C(O)CCC3CCC4C(C[NH2+]C5CC(=O)CCC54)C3)C#CC(CCC(O)CCC3CC(N)[NH2+]CC3CC3=C[CH+]N=C3)C2CC1O. The predicted molar refractivity (Wildman–Crippen MR) is 211 cm³/mol. The average Bonchev–Trinajstić information content (AvgIpc) is 3.71. The molecule has 0 aromatic rings. The van der Waals surface area contributed by atoms with E-state index in [1.807, 2.05) is 12.8 Å². The van der Waals surface area contributed by atoms with Crippen molar-refractivity contribution in [1.29, 1.82) is 0 Å². The molecule has 5 fully saturated rings. The van der Waals surface area contributed by atoms with E-state index in [1.165, 1.54) is 24.8 Å². The highest BCUT2D eigenvalue weighted by atomic mass is 16.5. The van der Waals surface area contributed by atoms with Crippen LogP contribution in [0.4, 0.5) is 0 Å². The fraction of sp³-hybridized carbons (Fsp3) is 0.822. The van der Waals surface area contributed by atoms with Crippen LogP contribution in [0.5, 0.6) is 0 Å². The van der Waals surface area contributed by atoms with Gasteiger partial charge < -0.3 is 30.7 Å². The first-order chi connectivity index (χ1) is 26.6. The number of nitrogens with zero attached hydrogens (tertiary/aromatic N) is 1. The average molecular weight is 764 g/mol. The summed E-state index contributed by atoms with van der Waals surface area (Å²) in [7, 11) is 1.65. The zero-order valence-electron chi connectivity index (χ0n) is 33.4. The molecule has 16 atom stereocenters. The summed E-state index contributed by atoms with van der Waals surface area (Å²) >= 11 is 0. The zero-order valence-corrected chi connectivity index (χ0v) is 33.4. The number of rotatable bonds is 13. The number of methoxy groups -OCH3 is 1. The van der Waals surface area contributed by atoms with Crippen molar-refractivity contribution in [3.8, 4) is 11.8 Å². The van der Waals surface area contributed by atoms with E-state index in [9.17, 15) is 24.9 Å². The summed E-state index contributed by atoms with van der Waals surface area (Å²) in [4.78, 5) is 30.1. The first kappa shape index (κ1) is 41.1. The standard InChI is InChI=1S/C45H69N4O6/c1-55-44-20-31-7-15-42(53)38(41(52)14-3-27-2-11-36-33(18-27)26-48-40-22-35(51)10-13-37(36)40)12-6-29(39(31)23-43(44)54)4-8-34(50)9-5-30-21-45(46)49-25-32(30)19-28-16-17-47-24-28/h16-17,24,27,29-34,36-41,43-45,48-50,52,54H,2-5,7-11,13-15,18-23,25-26,46H2,1H3/q+1/p+2. The summed E-state index contributed by atoms with van der Waals surface area (Å²) in [5.41, 5.74) is 7.64. The van der Waals surface area contributed by atoms with Gasteiger partial charge in [0.15, 0.2) is 6.21 Å². The molecule has 3 saturated carbocycles. The van der Waals surface area contributed by atoms with Crippen LogP contribution >= 0.6 is 0 Å². The fourth-order valence-corrected chi connectivity index (χ4v) is 12.5. The molecular weight excluding hydrogens is 693 g/mol. The van der Waals surface area contributed by atoms with Gasteiger partial charge in [-0.1, -0.05) is 18.3 Å². The number of piperidine rings is 2. The van der Waals surface area contributed by atoms with E-state index < -0.39 is 24.2 Å². The first-order valence-electron chi connectivity index (χ1n) is 22.2. The molecular formula is C45H71N4O6+3. The molecule has 0 bridgehead atoms. The smallest absolute Gasteiger partial charge is 0.176 e. The van der Waals surface area contributed by atoms with Gasteiger partial charge in [0.05, 0.1) is 56.0 Å². The summed E-state index contributed by atoms with van der Waals surface area (Å²) in [5, 5.41) is 38.8. The number of aliphatic hydroxyl groups excluding tert-OH is 3. The van der Waals surface area contributed by atoms with Crippen molar-refractivity contribution in [2.45, 2.75) is 152 Å². The number of carbonyl (C=O) groups excluding carboxylic acids is 2. The number of allylic oxidation sites excluding steroid dienone is 1. The lowest BCUT2D eigenvalue weighted by atomic mass is 9.61. The Morgan fingerprint density at radius 1 is 0.909 bits per heavy atom. The van der Waals surface area contributed by atoms with E-state index in [0.29, 0.717) is 86.4 Å². The molecule has 10 nitrogen and oxygen atoms in total. The van der Waals surface area contributed by atoms with Gasteiger partial charge in [0.2, 0.25) is 0 Å². The number of carbonyl (C=O) groups is 2. The van der Waals surface area contributed by atoms with Crippen LogP contribution < -0.4 is 16.4 Å². The van der Waals surface area contributed by atoms with Crippen molar-refractivity contribution in [2.24, 2.45) is 69.9 Å². The summed E-state index contributed by atoms with van der Waals surface area (Å²) in [6.07, 6.45) is 17.0. The topological polar surface area (TPSA) is 176 Å². The molecule has 10 heteroatoms. The third kappa shape index (κ3) is 10.3. The Morgan fingerprint density at radius 2 is 1.76 bits per heavy atom. The molecule has 304 valence electrons. The van der Waals surface area contributed by atoms with Crippen molar-refractivity contribution in [1.82, 2.24) is 0 Å². The van der Waals surface area contributed by atoms with Crippen LogP contribution in [-0.4, -0.2) is 89.9 Å². The molecule has 3 aliphatic heterocycles. The Bertz CT molecular complexity index is 1440. The van der Waals surface area contributed by atoms with Gasteiger partial charge in [0.1, 0.15) is 35.8 Å². The number of nitrogens with two attached hydrogens (primary N) is 3. The molecule has 0 aromatic carbocycles. The first-order valence-corrected chi connectivity index (χ1v) is 22.2. The number of aliphatic imine (C=N–C) groups is 1. The van der Waals surface area contributed by atoms with Gasteiger partial charge in [0.25, 0.3) is 0 Å². The maximum Gasteiger partial charge on any atom is 0.176 e. The number of fused-ring (bicyclic) bond motifs is 4. The van der Waals surface area contributed by atoms with Crippen molar-refractivity contribution in [3.63, 3.8) is 0 Å². The monoisotopic (exact) mass is 764 g/mol. The quantitative estimate of drug-likeness (QED) is 0.123. The number of hydrogen-bond acceptors (Lipinski definition) is 8. The second kappa shape index (κ2) is 19.1. The largest absolute Gasteiger partial charge is 0.393 e. The Morgan fingerprint density at radius 3 is 2.58 bits per heavy atom. The molecule has 55 heavy (non-hydrogen) atoms. The Hall–Kier alpha value is -2.10. The number of hydrogen-bond donors (Lipinski definition) is 6. The number of ether oxygens (including phenoxy) is 1. The lowest BCUT2D eigenvalue weighted by Crippen LogP contribution is -2.96. The summed E-state index contributed by atoms with van der Waals surface area (Å²) in [6, 6.07) is 0.487. The van der Waals surface area contributed by atoms with E-state index >= 15 is 0 Å². The van der Waals surface area contributed by atoms with Crippen LogP contribution in [0.15, 0.2) is 16.6 Å². The van der Waals surface area contributed by atoms with E-state index in [2.05, 4.69) is 33.5 Å². The van der Waals surface area contributed by atoms with Crippen LogP contribution in [0, 0.1) is 77.6 Å². The van der Waals surface area contributed by atoms with Crippen LogP contribution in [0.25, 0.3) is 0 Å². The highest BCUT2D eigenvalue weighted by Crippen LogP contribution is 2.45. The van der Waals surface area contributed by atoms with Crippen LogP contribution in [0.3, 0.4) is 0 Å². The van der Waals surface area contributed by atoms with Crippen molar-refractivity contribution in [2.75, 3.05) is 20.2 Å². The maximum atomic E-state index is 13.8. The van der Waals surface area contributed by atoms with Gasteiger partial charge in [-0.25, -0.2) is 0 Å². The minimum absolute atomic E-state index is 0.0398.